The van der Waals surface area contributed by atoms with Gasteiger partial charge in [0.1, 0.15) is 5.75 Å². The van der Waals surface area contributed by atoms with Gasteiger partial charge in [0, 0.05) is 17.6 Å². The summed E-state index contributed by atoms with van der Waals surface area (Å²) >= 11 is 5.79. The molecule has 0 aliphatic rings. The number of hydrogen-bond acceptors (Lipinski definition) is 3. The summed E-state index contributed by atoms with van der Waals surface area (Å²) in [6.07, 6.45) is 0. The second kappa shape index (κ2) is 7.14. The lowest BCUT2D eigenvalue weighted by atomic mass is 10.3. The zero-order valence-corrected chi connectivity index (χ0v) is 10.8. The van der Waals surface area contributed by atoms with Gasteiger partial charge in [-0.05, 0) is 32.2 Å². The second-order valence-corrected chi connectivity index (χ2v) is 4.18. The van der Waals surface area contributed by atoms with Gasteiger partial charge in [-0.3, -0.25) is 4.79 Å². The van der Waals surface area contributed by atoms with Crippen LogP contribution in [0.3, 0.4) is 0 Å². The topological polar surface area (TPSA) is 50.4 Å². The van der Waals surface area contributed by atoms with E-state index in [-0.39, 0.29) is 18.6 Å². The molecule has 0 radical (unpaired) electrons. The van der Waals surface area contributed by atoms with Crippen LogP contribution in [0.2, 0.25) is 5.02 Å². The number of carbonyl (C=O) groups excluding carboxylic acids is 1. The molecule has 0 aliphatic heterocycles. The Labute approximate surface area is 106 Å². The lowest BCUT2D eigenvalue weighted by Gasteiger charge is -2.11. The molecule has 17 heavy (non-hydrogen) atoms. The van der Waals surface area contributed by atoms with Gasteiger partial charge in [-0.2, -0.15) is 0 Å². The molecule has 1 amide bonds. The summed E-state index contributed by atoms with van der Waals surface area (Å²) in [5.74, 6) is 0.446. The molecule has 0 spiro atoms. The molecule has 1 aromatic carbocycles. The van der Waals surface area contributed by atoms with Crippen LogP contribution in [0.4, 0.5) is 0 Å². The maximum absolute atomic E-state index is 11.4. The molecule has 4 nitrogen and oxygen atoms in total. The minimum absolute atomic E-state index is 0.00320. The summed E-state index contributed by atoms with van der Waals surface area (Å²) in [7, 11) is 1.85. The molecule has 1 rings (SSSR count). The molecule has 94 valence electrons. The number of benzene rings is 1. The van der Waals surface area contributed by atoms with Crippen LogP contribution in [0.15, 0.2) is 24.3 Å². The Bertz CT molecular complexity index is 371. The van der Waals surface area contributed by atoms with Crippen molar-refractivity contribution in [3.8, 4) is 5.75 Å². The summed E-state index contributed by atoms with van der Waals surface area (Å²) in [5.41, 5.74) is 0. The second-order valence-electron chi connectivity index (χ2n) is 3.74. The highest BCUT2D eigenvalue weighted by Crippen LogP contribution is 2.16. The van der Waals surface area contributed by atoms with Crippen molar-refractivity contribution < 1.29 is 9.53 Å². The van der Waals surface area contributed by atoms with Crippen molar-refractivity contribution in [1.29, 1.82) is 0 Å². The number of amides is 1. The third-order valence-corrected chi connectivity index (χ3v) is 2.50. The van der Waals surface area contributed by atoms with Crippen molar-refractivity contribution in [2.75, 3.05) is 20.2 Å². The zero-order valence-electron chi connectivity index (χ0n) is 10.00. The van der Waals surface area contributed by atoms with Crippen molar-refractivity contribution in [3.63, 3.8) is 0 Å². The SMILES string of the molecule is CNC(C)CNC(=O)COc1cccc(Cl)c1. The third kappa shape index (κ3) is 5.56. The molecule has 1 unspecified atom stereocenters. The Balaban J connectivity index is 2.28. The predicted molar refractivity (Wildman–Crippen MR) is 68.5 cm³/mol. The monoisotopic (exact) mass is 256 g/mol. The molecule has 0 heterocycles. The van der Waals surface area contributed by atoms with Crippen molar-refractivity contribution in [3.05, 3.63) is 29.3 Å². The van der Waals surface area contributed by atoms with Crippen LogP contribution >= 0.6 is 11.6 Å². The van der Waals surface area contributed by atoms with E-state index in [1.807, 2.05) is 14.0 Å². The fraction of sp³-hybridized carbons (Fsp3) is 0.417. The molecule has 5 heteroatoms. The van der Waals surface area contributed by atoms with Crippen LogP contribution in [-0.4, -0.2) is 32.1 Å². The normalized spacial score (nSPS) is 11.9. The Morgan fingerprint density at radius 3 is 2.94 bits per heavy atom. The first-order valence-electron chi connectivity index (χ1n) is 5.44. The minimum atomic E-state index is -0.146. The number of hydrogen-bond donors (Lipinski definition) is 2. The van der Waals surface area contributed by atoms with Crippen LogP contribution in [0.25, 0.3) is 0 Å². The molecule has 0 saturated carbocycles. The summed E-state index contributed by atoms with van der Waals surface area (Å²) in [4.78, 5) is 11.4. The number of halogens is 1. The molecule has 0 bridgehead atoms. The van der Waals surface area contributed by atoms with Gasteiger partial charge >= 0.3 is 0 Å². The Kier molecular flexibility index (Phi) is 5.80. The van der Waals surface area contributed by atoms with E-state index < -0.39 is 0 Å². The molecule has 1 aromatic rings. The van der Waals surface area contributed by atoms with Crippen molar-refractivity contribution in [2.24, 2.45) is 0 Å². The van der Waals surface area contributed by atoms with E-state index in [2.05, 4.69) is 10.6 Å². The van der Waals surface area contributed by atoms with Gasteiger partial charge in [-0.1, -0.05) is 17.7 Å². The van der Waals surface area contributed by atoms with Gasteiger partial charge in [0.05, 0.1) is 0 Å². The highest BCUT2D eigenvalue weighted by Gasteiger charge is 2.04. The van der Waals surface area contributed by atoms with Crippen molar-refractivity contribution in [2.45, 2.75) is 13.0 Å². The first-order chi connectivity index (χ1) is 8.11. The maximum Gasteiger partial charge on any atom is 0.257 e. The molecular formula is C12H17ClN2O2. The fourth-order valence-corrected chi connectivity index (χ4v) is 1.31. The van der Waals surface area contributed by atoms with E-state index in [1.54, 1.807) is 24.3 Å². The molecule has 0 fully saturated rings. The van der Waals surface area contributed by atoms with Crippen molar-refractivity contribution in [1.82, 2.24) is 10.6 Å². The molecule has 2 N–H and O–H groups in total. The minimum Gasteiger partial charge on any atom is -0.484 e. The highest BCUT2D eigenvalue weighted by atomic mass is 35.5. The van der Waals surface area contributed by atoms with Crippen LogP contribution in [0.5, 0.6) is 5.75 Å². The molecular weight excluding hydrogens is 240 g/mol. The third-order valence-electron chi connectivity index (χ3n) is 2.26. The number of likely N-dealkylation sites (N-methyl/N-ethyl adjacent to an activating group) is 1. The van der Waals surface area contributed by atoms with Crippen molar-refractivity contribution >= 4 is 17.5 Å². The van der Waals surface area contributed by atoms with E-state index in [4.69, 9.17) is 16.3 Å². The lowest BCUT2D eigenvalue weighted by molar-refractivity contribution is -0.123. The van der Waals surface area contributed by atoms with Gasteiger partial charge in [0.25, 0.3) is 5.91 Å². The summed E-state index contributed by atoms with van der Waals surface area (Å²) in [6.45, 7) is 2.56. The van der Waals surface area contributed by atoms with Crippen LogP contribution < -0.4 is 15.4 Å². The van der Waals surface area contributed by atoms with E-state index in [1.165, 1.54) is 0 Å². The van der Waals surface area contributed by atoms with E-state index in [0.29, 0.717) is 17.3 Å². The molecule has 0 saturated heterocycles. The Morgan fingerprint density at radius 2 is 2.29 bits per heavy atom. The van der Waals surface area contributed by atoms with Crippen LogP contribution in [-0.2, 0) is 4.79 Å². The van der Waals surface area contributed by atoms with Gasteiger partial charge in [-0.25, -0.2) is 0 Å². The quantitative estimate of drug-likeness (QED) is 0.810. The highest BCUT2D eigenvalue weighted by molar-refractivity contribution is 6.30. The number of rotatable bonds is 6. The molecule has 0 aromatic heterocycles. The van der Waals surface area contributed by atoms with Gasteiger partial charge in [-0.15, -0.1) is 0 Å². The number of ether oxygens (including phenoxy) is 1. The Hall–Kier alpha value is -1.26. The predicted octanol–water partition coefficient (Wildman–Crippen LogP) is 1.44. The number of carbonyl (C=O) groups is 1. The van der Waals surface area contributed by atoms with Gasteiger partial charge in [0.2, 0.25) is 0 Å². The number of nitrogens with one attached hydrogen (secondary N) is 2. The first-order valence-corrected chi connectivity index (χ1v) is 5.82. The summed E-state index contributed by atoms with van der Waals surface area (Å²) in [6, 6.07) is 7.20. The van der Waals surface area contributed by atoms with E-state index >= 15 is 0 Å². The van der Waals surface area contributed by atoms with E-state index in [0.717, 1.165) is 0 Å². The first kappa shape index (κ1) is 13.8. The average Bonchev–Trinajstić information content (AvgIpc) is 2.33. The standard InChI is InChI=1S/C12H17ClN2O2/c1-9(14-2)7-15-12(16)8-17-11-5-3-4-10(13)6-11/h3-6,9,14H,7-8H2,1-2H3,(H,15,16). The lowest BCUT2D eigenvalue weighted by Crippen LogP contribution is -2.39. The van der Waals surface area contributed by atoms with Crippen LogP contribution in [0, 0.1) is 0 Å². The fourth-order valence-electron chi connectivity index (χ4n) is 1.13. The smallest absolute Gasteiger partial charge is 0.257 e. The van der Waals surface area contributed by atoms with E-state index in [9.17, 15) is 4.79 Å². The summed E-state index contributed by atoms with van der Waals surface area (Å²) in [5, 5.41) is 6.38. The summed E-state index contributed by atoms with van der Waals surface area (Å²) < 4.78 is 5.30. The zero-order chi connectivity index (χ0) is 12.7. The molecule has 0 aliphatic carbocycles. The van der Waals surface area contributed by atoms with Gasteiger partial charge in [0.15, 0.2) is 6.61 Å². The van der Waals surface area contributed by atoms with Crippen LogP contribution in [0.1, 0.15) is 6.92 Å². The Morgan fingerprint density at radius 1 is 1.53 bits per heavy atom. The average molecular weight is 257 g/mol. The maximum atomic E-state index is 11.4. The molecule has 1 atom stereocenters. The largest absolute Gasteiger partial charge is 0.484 e. The van der Waals surface area contributed by atoms with Gasteiger partial charge < -0.3 is 15.4 Å².